The first-order chi connectivity index (χ1) is 14.6. The molecule has 1 aliphatic carbocycles. The minimum Gasteiger partial charge on any atom is -0.365 e. The monoisotopic (exact) mass is 399 g/mol. The fraction of sp³-hybridized carbons (Fsp3) is 0.250. The molecule has 2 aliphatic rings. The molecule has 0 radical (unpaired) electrons. The number of hydrogen-bond acceptors (Lipinski definition) is 5. The van der Waals surface area contributed by atoms with Gasteiger partial charge in [0.25, 0.3) is 0 Å². The highest BCUT2D eigenvalue weighted by atomic mass is 16.5. The van der Waals surface area contributed by atoms with Crippen LogP contribution in [0.15, 0.2) is 67.0 Å². The number of benzene rings is 2. The lowest BCUT2D eigenvalue weighted by atomic mass is 9.74. The number of Topliss-reactive ketones (excluding diaryl/α,β-unsaturated/α-hetero) is 1. The number of amides is 1. The van der Waals surface area contributed by atoms with Crippen LogP contribution in [-0.2, 0) is 26.5 Å². The largest absolute Gasteiger partial charge is 0.365 e. The van der Waals surface area contributed by atoms with Crippen molar-refractivity contribution in [3.8, 4) is 11.1 Å². The quantitative estimate of drug-likeness (QED) is 0.676. The number of ketones is 1. The molecule has 1 fully saturated rings. The van der Waals surface area contributed by atoms with Gasteiger partial charge < -0.3 is 4.74 Å². The number of rotatable bonds is 3. The Morgan fingerprint density at radius 2 is 1.73 bits per heavy atom. The number of hydrogen-bond donors (Lipinski definition) is 1. The molecule has 2 heterocycles. The highest BCUT2D eigenvalue weighted by Crippen LogP contribution is 2.47. The van der Waals surface area contributed by atoms with E-state index in [1.54, 1.807) is 12.4 Å². The molecule has 0 saturated heterocycles. The van der Waals surface area contributed by atoms with E-state index in [1.165, 1.54) is 0 Å². The van der Waals surface area contributed by atoms with E-state index < -0.39 is 11.5 Å². The molecule has 1 aliphatic heterocycles. The summed E-state index contributed by atoms with van der Waals surface area (Å²) in [5, 5.41) is 2.70. The predicted molar refractivity (Wildman–Crippen MR) is 111 cm³/mol. The highest BCUT2D eigenvalue weighted by molar-refractivity contribution is 6.07. The molecular weight excluding hydrogens is 378 g/mol. The van der Waals surface area contributed by atoms with Crippen molar-refractivity contribution in [2.75, 3.05) is 5.32 Å². The van der Waals surface area contributed by atoms with E-state index in [0.29, 0.717) is 19.4 Å². The molecule has 1 saturated carbocycles. The minimum absolute atomic E-state index is 0.101. The zero-order valence-corrected chi connectivity index (χ0v) is 16.4. The van der Waals surface area contributed by atoms with Crippen LogP contribution in [0.3, 0.4) is 0 Å². The van der Waals surface area contributed by atoms with Crippen LogP contribution < -0.4 is 5.32 Å². The van der Waals surface area contributed by atoms with Crippen molar-refractivity contribution >= 4 is 17.6 Å². The molecule has 1 aromatic heterocycles. The zero-order valence-electron chi connectivity index (χ0n) is 16.4. The summed E-state index contributed by atoms with van der Waals surface area (Å²) in [6, 6.07) is 17.8. The summed E-state index contributed by atoms with van der Waals surface area (Å²) in [5.41, 5.74) is 3.48. The second-order valence-electron chi connectivity index (χ2n) is 7.83. The van der Waals surface area contributed by atoms with Gasteiger partial charge in [-0.15, -0.1) is 0 Å². The summed E-state index contributed by atoms with van der Waals surface area (Å²) >= 11 is 0. The smallest absolute Gasteiger partial charge is 0.237 e. The van der Waals surface area contributed by atoms with Gasteiger partial charge in [-0.2, -0.15) is 0 Å². The molecule has 6 nitrogen and oxygen atoms in total. The number of aromatic nitrogens is 2. The molecule has 1 spiro atoms. The van der Waals surface area contributed by atoms with Crippen molar-refractivity contribution in [1.29, 1.82) is 0 Å². The topological polar surface area (TPSA) is 81.2 Å². The average Bonchev–Trinajstić information content (AvgIpc) is 3.13. The third kappa shape index (κ3) is 3.29. The van der Waals surface area contributed by atoms with Gasteiger partial charge in [0.2, 0.25) is 11.9 Å². The standard InChI is InChI=1S/C24H21N3O3/c28-21-12-24(20-9-5-4-8-17(20)15-30-24)11-10-19(21)22(29)27-23-25-13-18(14-26-23)16-6-2-1-3-7-16/h1-9,13-14,19H,10-12,15H2,(H,25,26,27,29). The van der Waals surface area contributed by atoms with Crippen molar-refractivity contribution in [3.05, 3.63) is 78.1 Å². The van der Waals surface area contributed by atoms with Gasteiger partial charge in [-0.05, 0) is 29.5 Å². The Balaban J connectivity index is 1.26. The van der Waals surface area contributed by atoms with Crippen molar-refractivity contribution in [2.45, 2.75) is 31.5 Å². The van der Waals surface area contributed by atoms with Crippen LogP contribution in [0, 0.1) is 5.92 Å². The van der Waals surface area contributed by atoms with E-state index in [1.807, 2.05) is 54.6 Å². The van der Waals surface area contributed by atoms with E-state index in [0.717, 1.165) is 22.3 Å². The number of nitrogens with one attached hydrogen (secondary N) is 1. The fourth-order valence-corrected chi connectivity index (χ4v) is 4.42. The molecule has 1 amide bonds. The van der Waals surface area contributed by atoms with E-state index >= 15 is 0 Å². The van der Waals surface area contributed by atoms with Crippen LogP contribution >= 0.6 is 0 Å². The summed E-state index contributed by atoms with van der Waals surface area (Å²) in [7, 11) is 0. The molecule has 6 heteroatoms. The maximum atomic E-state index is 12.9. The minimum atomic E-state index is -0.704. The van der Waals surface area contributed by atoms with Gasteiger partial charge in [0.15, 0.2) is 0 Å². The van der Waals surface area contributed by atoms with Crippen LogP contribution in [0.2, 0.25) is 0 Å². The number of nitrogens with zero attached hydrogens (tertiary/aromatic N) is 2. The average molecular weight is 399 g/mol. The third-order valence-corrected chi connectivity index (χ3v) is 6.01. The van der Waals surface area contributed by atoms with Crippen molar-refractivity contribution in [1.82, 2.24) is 9.97 Å². The molecule has 2 unspecified atom stereocenters. The second-order valence-corrected chi connectivity index (χ2v) is 7.83. The molecule has 2 atom stereocenters. The van der Waals surface area contributed by atoms with Crippen LogP contribution in [0.25, 0.3) is 11.1 Å². The Morgan fingerprint density at radius 1 is 1.00 bits per heavy atom. The number of carbonyl (C=O) groups is 2. The van der Waals surface area contributed by atoms with Gasteiger partial charge in [0.1, 0.15) is 11.4 Å². The molecule has 1 N–H and O–H groups in total. The zero-order chi connectivity index (χ0) is 20.6. The Labute approximate surface area is 174 Å². The molecule has 150 valence electrons. The van der Waals surface area contributed by atoms with Gasteiger partial charge in [0, 0.05) is 24.4 Å². The number of ether oxygens (including phenoxy) is 1. The van der Waals surface area contributed by atoms with Gasteiger partial charge in [-0.3, -0.25) is 14.9 Å². The lowest BCUT2D eigenvalue weighted by Crippen LogP contribution is -2.42. The maximum Gasteiger partial charge on any atom is 0.237 e. The van der Waals surface area contributed by atoms with Crippen LogP contribution in [-0.4, -0.2) is 21.7 Å². The van der Waals surface area contributed by atoms with Gasteiger partial charge >= 0.3 is 0 Å². The first-order valence-corrected chi connectivity index (χ1v) is 10.1. The first-order valence-electron chi connectivity index (χ1n) is 10.1. The molecule has 5 rings (SSSR count). The molecule has 30 heavy (non-hydrogen) atoms. The van der Waals surface area contributed by atoms with E-state index in [2.05, 4.69) is 15.3 Å². The van der Waals surface area contributed by atoms with Crippen molar-refractivity contribution in [3.63, 3.8) is 0 Å². The SMILES string of the molecule is O=C1CC2(CCC1C(=O)Nc1ncc(-c3ccccc3)cn1)OCc1ccccc12. The van der Waals surface area contributed by atoms with E-state index in [-0.39, 0.29) is 24.1 Å². The number of anilines is 1. The van der Waals surface area contributed by atoms with E-state index in [9.17, 15) is 9.59 Å². The summed E-state index contributed by atoms with van der Waals surface area (Å²) in [6.45, 7) is 0.516. The Bertz CT molecular complexity index is 1100. The third-order valence-electron chi connectivity index (χ3n) is 6.01. The lowest BCUT2D eigenvalue weighted by molar-refractivity contribution is -0.144. The summed E-state index contributed by atoms with van der Waals surface area (Å²) in [5.74, 6) is -0.954. The second kappa shape index (κ2) is 7.46. The van der Waals surface area contributed by atoms with Crippen molar-refractivity contribution in [2.24, 2.45) is 5.92 Å². The van der Waals surface area contributed by atoms with Crippen LogP contribution in [0.4, 0.5) is 5.95 Å². The summed E-state index contributed by atoms with van der Waals surface area (Å²) in [6.07, 6.45) is 4.64. The van der Waals surface area contributed by atoms with Gasteiger partial charge in [-0.1, -0.05) is 54.6 Å². The van der Waals surface area contributed by atoms with E-state index in [4.69, 9.17) is 4.74 Å². The Hall–Kier alpha value is -3.38. The molecular formula is C24H21N3O3. The number of carbonyl (C=O) groups excluding carboxylic acids is 2. The molecule has 2 aromatic carbocycles. The summed E-state index contributed by atoms with van der Waals surface area (Å²) < 4.78 is 6.05. The van der Waals surface area contributed by atoms with Gasteiger partial charge in [-0.25, -0.2) is 9.97 Å². The lowest BCUT2D eigenvalue weighted by Gasteiger charge is -2.35. The number of fused-ring (bicyclic) bond motifs is 2. The first kappa shape index (κ1) is 18.6. The van der Waals surface area contributed by atoms with Crippen LogP contribution in [0.5, 0.6) is 0 Å². The molecule has 0 bridgehead atoms. The summed E-state index contributed by atoms with van der Waals surface area (Å²) in [4.78, 5) is 34.1. The predicted octanol–water partition coefficient (Wildman–Crippen LogP) is 3.88. The van der Waals surface area contributed by atoms with Crippen LogP contribution in [0.1, 0.15) is 30.4 Å². The van der Waals surface area contributed by atoms with Crippen molar-refractivity contribution < 1.29 is 14.3 Å². The Kier molecular flexibility index (Phi) is 4.64. The normalized spacial score (nSPS) is 22.7. The fourth-order valence-electron chi connectivity index (χ4n) is 4.42. The highest BCUT2D eigenvalue weighted by Gasteiger charge is 2.48. The molecule has 3 aromatic rings. The Morgan fingerprint density at radius 3 is 2.50 bits per heavy atom. The van der Waals surface area contributed by atoms with Gasteiger partial charge in [0.05, 0.1) is 12.5 Å². The maximum absolute atomic E-state index is 12.9.